The molecule has 2 aromatic carbocycles. The first kappa shape index (κ1) is 15.3. The maximum absolute atomic E-state index is 12.9. The first-order valence-electron chi connectivity index (χ1n) is 6.55. The summed E-state index contributed by atoms with van der Waals surface area (Å²) in [6, 6.07) is 11.3. The zero-order valence-electron chi connectivity index (χ0n) is 11.5. The Labute approximate surface area is 127 Å². The van der Waals surface area contributed by atoms with Crippen molar-refractivity contribution in [1.82, 2.24) is 0 Å². The Bertz CT molecular complexity index is 646. The SMILES string of the molecule is CCc1ccccc1NC(=O)COc1ccc(F)cc1Cl. The zero-order valence-corrected chi connectivity index (χ0v) is 12.3. The van der Waals surface area contributed by atoms with Crippen LogP contribution >= 0.6 is 11.6 Å². The van der Waals surface area contributed by atoms with Gasteiger partial charge in [-0.05, 0) is 36.2 Å². The topological polar surface area (TPSA) is 38.3 Å². The lowest BCUT2D eigenvalue weighted by Gasteiger charge is -2.11. The molecule has 0 aliphatic carbocycles. The van der Waals surface area contributed by atoms with Gasteiger partial charge < -0.3 is 10.1 Å². The van der Waals surface area contributed by atoms with Gasteiger partial charge in [-0.1, -0.05) is 36.7 Å². The number of carbonyl (C=O) groups is 1. The molecule has 1 N–H and O–H groups in total. The Morgan fingerprint density at radius 3 is 2.76 bits per heavy atom. The fourth-order valence-electron chi connectivity index (χ4n) is 1.87. The van der Waals surface area contributed by atoms with Gasteiger partial charge in [-0.3, -0.25) is 4.79 Å². The van der Waals surface area contributed by atoms with Crippen molar-refractivity contribution in [3.05, 3.63) is 58.9 Å². The third kappa shape index (κ3) is 4.20. The van der Waals surface area contributed by atoms with Crippen LogP contribution in [0, 0.1) is 5.82 Å². The highest BCUT2D eigenvalue weighted by molar-refractivity contribution is 6.32. The van der Waals surface area contributed by atoms with Gasteiger partial charge >= 0.3 is 0 Å². The van der Waals surface area contributed by atoms with Crippen molar-refractivity contribution in [2.24, 2.45) is 0 Å². The molecule has 1 amide bonds. The highest BCUT2D eigenvalue weighted by Gasteiger charge is 2.08. The zero-order chi connectivity index (χ0) is 15.2. The summed E-state index contributed by atoms with van der Waals surface area (Å²) in [5, 5.41) is 2.92. The van der Waals surface area contributed by atoms with Crippen molar-refractivity contribution in [1.29, 1.82) is 0 Å². The molecule has 0 aliphatic rings. The Morgan fingerprint density at radius 1 is 1.29 bits per heavy atom. The number of aryl methyl sites for hydroxylation is 1. The van der Waals surface area contributed by atoms with Crippen molar-refractivity contribution in [3.8, 4) is 5.75 Å². The van der Waals surface area contributed by atoms with Crippen LogP contribution < -0.4 is 10.1 Å². The second kappa shape index (κ2) is 7.09. The third-order valence-corrected chi connectivity index (χ3v) is 3.22. The predicted octanol–water partition coefficient (Wildman–Crippen LogP) is 4.06. The molecule has 0 saturated heterocycles. The van der Waals surface area contributed by atoms with Crippen molar-refractivity contribution in [2.75, 3.05) is 11.9 Å². The number of rotatable bonds is 5. The largest absolute Gasteiger partial charge is 0.482 e. The molecule has 0 atom stereocenters. The lowest BCUT2D eigenvalue weighted by molar-refractivity contribution is -0.118. The van der Waals surface area contributed by atoms with Gasteiger partial charge in [0.25, 0.3) is 5.91 Å². The molecule has 0 bridgehead atoms. The van der Waals surface area contributed by atoms with Gasteiger partial charge in [0.1, 0.15) is 11.6 Å². The third-order valence-electron chi connectivity index (χ3n) is 2.93. The van der Waals surface area contributed by atoms with E-state index in [9.17, 15) is 9.18 Å². The number of benzene rings is 2. The molecule has 3 nitrogen and oxygen atoms in total. The van der Waals surface area contributed by atoms with Crippen LogP contribution in [0.2, 0.25) is 5.02 Å². The number of carbonyl (C=O) groups excluding carboxylic acids is 1. The maximum Gasteiger partial charge on any atom is 0.262 e. The minimum absolute atomic E-state index is 0.136. The van der Waals surface area contributed by atoms with Crippen molar-refractivity contribution >= 4 is 23.2 Å². The van der Waals surface area contributed by atoms with E-state index in [0.717, 1.165) is 23.7 Å². The second-order valence-corrected chi connectivity index (χ2v) is 4.83. The number of hydrogen-bond donors (Lipinski definition) is 1. The van der Waals surface area contributed by atoms with Crippen molar-refractivity contribution < 1.29 is 13.9 Å². The van der Waals surface area contributed by atoms with Crippen molar-refractivity contribution in [3.63, 3.8) is 0 Å². The first-order chi connectivity index (χ1) is 10.1. The van der Waals surface area contributed by atoms with E-state index in [4.69, 9.17) is 16.3 Å². The molecule has 0 aromatic heterocycles. The van der Waals surface area contributed by atoms with E-state index in [0.29, 0.717) is 0 Å². The van der Waals surface area contributed by atoms with Crippen LogP contribution in [0.5, 0.6) is 5.75 Å². The Balaban J connectivity index is 1.96. The Morgan fingerprint density at radius 2 is 2.05 bits per heavy atom. The molecule has 21 heavy (non-hydrogen) atoms. The molecular formula is C16H15ClFNO2. The number of ether oxygens (including phenoxy) is 1. The average molecular weight is 308 g/mol. The number of anilines is 1. The van der Waals surface area contributed by atoms with E-state index < -0.39 is 5.82 Å². The molecule has 0 heterocycles. The highest BCUT2D eigenvalue weighted by Crippen LogP contribution is 2.24. The fraction of sp³-hybridized carbons (Fsp3) is 0.188. The van der Waals surface area contributed by atoms with Crippen molar-refractivity contribution in [2.45, 2.75) is 13.3 Å². The van der Waals surface area contributed by atoms with E-state index in [2.05, 4.69) is 5.32 Å². The lowest BCUT2D eigenvalue weighted by Crippen LogP contribution is -2.21. The van der Waals surface area contributed by atoms with Crippen LogP contribution in [-0.4, -0.2) is 12.5 Å². The molecule has 5 heteroatoms. The minimum atomic E-state index is -0.450. The fourth-order valence-corrected chi connectivity index (χ4v) is 2.09. The van der Waals surface area contributed by atoms with E-state index in [-0.39, 0.29) is 23.3 Å². The Hall–Kier alpha value is -2.07. The summed E-state index contributed by atoms with van der Waals surface area (Å²) < 4.78 is 18.2. The molecule has 2 aromatic rings. The summed E-state index contributed by atoms with van der Waals surface area (Å²) in [5.41, 5.74) is 1.81. The maximum atomic E-state index is 12.9. The number of para-hydroxylation sites is 1. The first-order valence-corrected chi connectivity index (χ1v) is 6.93. The molecular weight excluding hydrogens is 293 g/mol. The van der Waals surface area contributed by atoms with Gasteiger partial charge in [-0.25, -0.2) is 4.39 Å². The van der Waals surface area contributed by atoms with E-state index in [1.807, 2.05) is 31.2 Å². The number of nitrogens with one attached hydrogen (secondary N) is 1. The normalized spacial score (nSPS) is 10.2. The van der Waals surface area contributed by atoms with Gasteiger partial charge in [0.15, 0.2) is 6.61 Å². The summed E-state index contributed by atoms with van der Waals surface area (Å²) >= 11 is 5.82. The number of halogens is 2. The highest BCUT2D eigenvalue weighted by atomic mass is 35.5. The minimum Gasteiger partial charge on any atom is -0.482 e. The Kier molecular flexibility index (Phi) is 5.17. The van der Waals surface area contributed by atoms with Gasteiger partial charge in [0, 0.05) is 5.69 Å². The summed E-state index contributed by atoms with van der Waals surface area (Å²) in [5.74, 6) is -0.470. The van der Waals surface area contributed by atoms with Crippen LogP contribution in [-0.2, 0) is 11.2 Å². The molecule has 0 aliphatic heterocycles. The summed E-state index contributed by atoms with van der Waals surface area (Å²) in [6.07, 6.45) is 0.821. The summed E-state index contributed by atoms with van der Waals surface area (Å²) in [6.45, 7) is 1.82. The molecule has 0 saturated carbocycles. The molecule has 0 spiro atoms. The van der Waals surface area contributed by atoms with Gasteiger partial charge in [0.2, 0.25) is 0 Å². The molecule has 110 valence electrons. The number of hydrogen-bond acceptors (Lipinski definition) is 2. The standard InChI is InChI=1S/C16H15ClFNO2/c1-2-11-5-3-4-6-14(11)19-16(20)10-21-15-8-7-12(18)9-13(15)17/h3-9H,2,10H2,1H3,(H,19,20). The van der Waals surface area contributed by atoms with E-state index in [1.54, 1.807) is 0 Å². The van der Waals surface area contributed by atoms with Crippen LogP contribution in [0.25, 0.3) is 0 Å². The smallest absolute Gasteiger partial charge is 0.262 e. The second-order valence-electron chi connectivity index (χ2n) is 4.42. The summed E-state index contributed by atoms with van der Waals surface area (Å²) in [4.78, 5) is 11.9. The summed E-state index contributed by atoms with van der Waals surface area (Å²) in [7, 11) is 0. The molecule has 0 fully saturated rings. The quantitative estimate of drug-likeness (QED) is 0.904. The van der Waals surface area contributed by atoms with E-state index >= 15 is 0 Å². The molecule has 2 rings (SSSR count). The van der Waals surface area contributed by atoms with E-state index in [1.165, 1.54) is 12.1 Å². The molecule has 0 radical (unpaired) electrons. The van der Waals surface area contributed by atoms with Gasteiger partial charge in [-0.2, -0.15) is 0 Å². The number of amides is 1. The van der Waals surface area contributed by atoms with Gasteiger partial charge in [0.05, 0.1) is 5.02 Å². The monoisotopic (exact) mass is 307 g/mol. The van der Waals surface area contributed by atoms with Crippen LogP contribution in [0.1, 0.15) is 12.5 Å². The predicted molar refractivity (Wildman–Crippen MR) is 81.4 cm³/mol. The van der Waals surface area contributed by atoms with Crippen LogP contribution in [0.4, 0.5) is 10.1 Å². The van der Waals surface area contributed by atoms with Gasteiger partial charge in [-0.15, -0.1) is 0 Å². The average Bonchev–Trinajstić information content (AvgIpc) is 2.47. The van der Waals surface area contributed by atoms with Crippen LogP contribution in [0.3, 0.4) is 0 Å². The lowest BCUT2D eigenvalue weighted by atomic mass is 10.1. The van der Waals surface area contributed by atoms with Crippen LogP contribution in [0.15, 0.2) is 42.5 Å². The molecule has 0 unspecified atom stereocenters.